The third kappa shape index (κ3) is 4.29. The van der Waals surface area contributed by atoms with Crippen LogP contribution in [0, 0.1) is 0 Å². The number of rotatable bonds is 4. The van der Waals surface area contributed by atoms with Crippen LogP contribution >= 0.6 is 23.2 Å². The molecular weight excluding hydrogens is 457 g/mol. The molecule has 2 heterocycles. The van der Waals surface area contributed by atoms with Crippen molar-refractivity contribution in [2.75, 3.05) is 30.4 Å². The molecule has 33 heavy (non-hydrogen) atoms. The fourth-order valence-electron chi connectivity index (χ4n) is 4.85. The number of carbonyl (C=O) groups is 1. The molecule has 1 N–H and O–H groups in total. The summed E-state index contributed by atoms with van der Waals surface area (Å²) in [6, 6.07) is 21.1. The van der Waals surface area contributed by atoms with Crippen LogP contribution in [0.3, 0.4) is 0 Å². The first-order valence-electron chi connectivity index (χ1n) is 11.0. The monoisotopic (exact) mass is 481 g/mol. The van der Waals surface area contributed by atoms with E-state index in [0.29, 0.717) is 10.6 Å². The van der Waals surface area contributed by atoms with Crippen LogP contribution < -0.4 is 15.0 Å². The maximum Gasteiger partial charge on any atom is 0.262 e. The number of methoxy groups -OCH3 is 1. The van der Waals surface area contributed by atoms with Crippen molar-refractivity contribution >= 4 is 40.5 Å². The summed E-state index contributed by atoms with van der Waals surface area (Å²) in [5, 5.41) is 5.06. The van der Waals surface area contributed by atoms with Gasteiger partial charge in [0.25, 0.3) is 5.91 Å². The molecule has 5 nitrogen and oxygen atoms in total. The number of halogens is 2. The summed E-state index contributed by atoms with van der Waals surface area (Å²) in [7, 11) is 1.64. The third-order valence-corrected chi connectivity index (χ3v) is 6.99. The van der Waals surface area contributed by atoms with Gasteiger partial charge >= 0.3 is 0 Å². The van der Waals surface area contributed by atoms with E-state index in [1.807, 2.05) is 53.4 Å². The second kappa shape index (κ2) is 8.90. The molecule has 170 valence electrons. The molecule has 1 amide bonds. The Labute approximate surface area is 203 Å². The SMILES string of the molecule is COc1ccc(N2C(=O)c3ccc(Cl)cc3NC23CCN(Cc2cccc(Cl)c2)CC3)cc1. The van der Waals surface area contributed by atoms with Gasteiger partial charge in [0.1, 0.15) is 11.4 Å². The number of benzene rings is 3. The molecule has 1 spiro atoms. The van der Waals surface area contributed by atoms with Gasteiger partial charge in [0.05, 0.1) is 18.4 Å². The second-order valence-corrected chi connectivity index (χ2v) is 9.46. The summed E-state index contributed by atoms with van der Waals surface area (Å²) < 4.78 is 5.32. The first kappa shape index (κ1) is 22.1. The zero-order chi connectivity index (χ0) is 23.0. The Kier molecular flexibility index (Phi) is 5.95. The summed E-state index contributed by atoms with van der Waals surface area (Å²) >= 11 is 12.4. The molecule has 5 rings (SSSR count). The molecule has 0 bridgehead atoms. The van der Waals surface area contributed by atoms with Gasteiger partial charge in [0.2, 0.25) is 0 Å². The fraction of sp³-hybridized carbons (Fsp3) is 0.269. The maximum absolute atomic E-state index is 13.7. The number of fused-ring (bicyclic) bond motifs is 1. The van der Waals surface area contributed by atoms with Crippen LogP contribution in [-0.4, -0.2) is 36.7 Å². The normalized spacial score (nSPS) is 17.5. The number of ether oxygens (including phenoxy) is 1. The lowest BCUT2D eigenvalue weighted by atomic mass is 9.89. The lowest BCUT2D eigenvalue weighted by Gasteiger charge is -2.52. The van der Waals surface area contributed by atoms with Gasteiger partial charge in [0, 0.05) is 48.2 Å². The molecule has 0 unspecified atom stereocenters. The number of likely N-dealkylation sites (tertiary alicyclic amines) is 1. The van der Waals surface area contributed by atoms with Gasteiger partial charge in [-0.1, -0.05) is 35.3 Å². The van der Waals surface area contributed by atoms with Crippen molar-refractivity contribution in [1.82, 2.24) is 4.90 Å². The van der Waals surface area contributed by atoms with E-state index in [4.69, 9.17) is 27.9 Å². The summed E-state index contributed by atoms with van der Waals surface area (Å²) in [5.41, 5.74) is 2.92. The highest BCUT2D eigenvalue weighted by Gasteiger charge is 2.47. The van der Waals surface area contributed by atoms with Crippen molar-refractivity contribution in [3.05, 3.63) is 87.9 Å². The molecular formula is C26H25Cl2N3O2. The number of hydrogen-bond acceptors (Lipinski definition) is 4. The van der Waals surface area contributed by atoms with E-state index >= 15 is 0 Å². The first-order valence-corrected chi connectivity index (χ1v) is 11.8. The molecule has 7 heteroatoms. The van der Waals surface area contributed by atoms with Crippen molar-refractivity contribution < 1.29 is 9.53 Å². The van der Waals surface area contributed by atoms with Gasteiger partial charge in [-0.2, -0.15) is 0 Å². The Hall–Kier alpha value is -2.73. The van der Waals surface area contributed by atoms with E-state index in [0.717, 1.165) is 54.6 Å². The van der Waals surface area contributed by atoms with E-state index in [-0.39, 0.29) is 5.91 Å². The summed E-state index contributed by atoms with van der Waals surface area (Å²) in [6.07, 6.45) is 1.55. The number of hydrogen-bond donors (Lipinski definition) is 1. The quantitative estimate of drug-likeness (QED) is 0.491. The Balaban J connectivity index is 1.46. The third-order valence-electron chi connectivity index (χ3n) is 6.52. The van der Waals surface area contributed by atoms with E-state index in [1.54, 1.807) is 19.2 Å². The highest BCUT2D eigenvalue weighted by molar-refractivity contribution is 6.31. The zero-order valence-corrected chi connectivity index (χ0v) is 19.9. The average molecular weight is 482 g/mol. The van der Waals surface area contributed by atoms with Gasteiger partial charge in [-0.25, -0.2) is 0 Å². The lowest BCUT2D eigenvalue weighted by molar-refractivity contribution is 0.0904. The number of piperidine rings is 1. The summed E-state index contributed by atoms with van der Waals surface area (Å²) in [4.78, 5) is 18.1. The minimum atomic E-state index is -0.534. The molecule has 0 aromatic heterocycles. The molecule has 0 radical (unpaired) electrons. The van der Waals surface area contributed by atoms with Crippen LogP contribution in [0.25, 0.3) is 0 Å². The minimum absolute atomic E-state index is 0.0196. The Morgan fingerprint density at radius 3 is 2.39 bits per heavy atom. The van der Waals surface area contributed by atoms with Gasteiger partial charge < -0.3 is 10.1 Å². The van der Waals surface area contributed by atoms with Crippen LogP contribution in [-0.2, 0) is 6.54 Å². The van der Waals surface area contributed by atoms with Crippen LogP contribution in [0.4, 0.5) is 11.4 Å². The lowest BCUT2D eigenvalue weighted by Crippen LogP contribution is -2.64. The summed E-state index contributed by atoms with van der Waals surface area (Å²) in [6.45, 7) is 2.51. The van der Waals surface area contributed by atoms with Crippen LogP contribution in [0.1, 0.15) is 28.8 Å². The van der Waals surface area contributed by atoms with E-state index in [9.17, 15) is 4.79 Å². The van der Waals surface area contributed by atoms with Gasteiger partial charge in [0.15, 0.2) is 0 Å². The molecule has 3 aromatic rings. The van der Waals surface area contributed by atoms with Crippen LogP contribution in [0.15, 0.2) is 66.7 Å². The van der Waals surface area contributed by atoms with E-state index in [2.05, 4.69) is 16.3 Å². The maximum atomic E-state index is 13.7. The Morgan fingerprint density at radius 1 is 0.970 bits per heavy atom. The standard InChI is InChI=1S/C26H25Cl2N3O2/c1-33-22-8-6-21(7-9-22)31-25(32)23-10-5-20(28)16-24(23)29-26(31)11-13-30(14-12-26)17-18-3-2-4-19(27)15-18/h2-10,15-16,29H,11-14,17H2,1H3. The van der Waals surface area contributed by atoms with Crippen molar-refractivity contribution in [3.63, 3.8) is 0 Å². The number of amides is 1. The predicted octanol–water partition coefficient (Wildman–Crippen LogP) is 6.07. The molecule has 2 aliphatic heterocycles. The molecule has 3 aromatic carbocycles. The van der Waals surface area contributed by atoms with Crippen LogP contribution in [0.2, 0.25) is 10.0 Å². The van der Waals surface area contributed by atoms with Crippen LogP contribution in [0.5, 0.6) is 5.75 Å². The Bertz CT molecular complexity index is 1170. The van der Waals surface area contributed by atoms with Crippen molar-refractivity contribution in [1.29, 1.82) is 0 Å². The summed E-state index contributed by atoms with van der Waals surface area (Å²) in [5.74, 6) is 0.739. The average Bonchev–Trinajstić information content (AvgIpc) is 2.81. The number of carbonyl (C=O) groups excluding carboxylic acids is 1. The number of nitrogens with zero attached hydrogens (tertiary/aromatic N) is 2. The molecule has 0 aliphatic carbocycles. The number of nitrogens with one attached hydrogen (secondary N) is 1. The molecule has 1 saturated heterocycles. The molecule has 1 fully saturated rings. The largest absolute Gasteiger partial charge is 0.497 e. The van der Waals surface area contributed by atoms with E-state index in [1.165, 1.54) is 5.56 Å². The Morgan fingerprint density at radius 2 is 1.70 bits per heavy atom. The highest BCUT2D eigenvalue weighted by Crippen LogP contribution is 2.42. The minimum Gasteiger partial charge on any atom is -0.497 e. The van der Waals surface area contributed by atoms with Gasteiger partial charge in [-0.05, 0) is 60.2 Å². The fourth-order valence-corrected chi connectivity index (χ4v) is 5.23. The van der Waals surface area contributed by atoms with Crippen molar-refractivity contribution in [3.8, 4) is 5.75 Å². The number of anilines is 2. The molecule has 0 saturated carbocycles. The van der Waals surface area contributed by atoms with E-state index < -0.39 is 5.66 Å². The first-order chi connectivity index (χ1) is 16.0. The highest BCUT2D eigenvalue weighted by atomic mass is 35.5. The smallest absolute Gasteiger partial charge is 0.262 e. The topological polar surface area (TPSA) is 44.8 Å². The van der Waals surface area contributed by atoms with Gasteiger partial charge in [-0.3, -0.25) is 14.6 Å². The van der Waals surface area contributed by atoms with Crippen molar-refractivity contribution in [2.24, 2.45) is 0 Å². The van der Waals surface area contributed by atoms with Crippen molar-refractivity contribution in [2.45, 2.75) is 25.0 Å². The second-order valence-electron chi connectivity index (χ2n) is 8.59. The predicted molar refractivity (Wildman–Crippen MR) is 134 cm³/mol. The molecule has 0 atom stereocenters. The van der Waals surface area contributed by atoms with Gasteiger partial charge in [-0.15, -0.1) is 0 Å². The molecule has 2 aliphatic rings. The zero-order valence-electron chi connectivity index (χ0n) is 18.4.